The van der Waals surface area contributed by atoms with Gasteiger partial charge in [0.2, 0.25) is 5.91 Å². The first-order valence-corrected chi connectivity index (χ1v) is 9.50. The van der Waals surface area contributed by atoms with Crippen LogP contribution in [0.3, 0.4) is 0 Å². The molecule has 0 bridgehead atoms. The Morgan fingerprint density at radius 3 is 2.50 bits per heavy atom. The maximum atomic E-state index is 12.3. The Balaban J connectivity index is 0.00000243. The van der Waals surface area contributed by atoms with E-state index in [0.717, 1.165) is 25.7 Å². The zero-order valence-electron chi connectivity index (χ0n) is 14.4. The van der Waals surface area contributed by atoms with E-state index in [9.17, 15) is 9.59 Å². The summed E-state index contributed by atoms with van der Waals surface area (Å²) >= 11 is 1.39. The van der Waals surface area contributed by atoms with Gasteiger partial charge in [0.15, 0.2) is 0 Å². The lowest BCUT2D eigenvalue weighted by Gasteiger charge is -2.27. The molecule has 0 spiro atoms. The quantitative estimate of drug-likeness (QED) is 0.709. The number of nitrogens with one attached hydrogen (secondary N) is 2. The van der Waals surface area contributed by atoms with Crippen LogP contribution >= 0.6 is 23.7 Å². The number of halogens is 1. The summed E-state index contributed by atoms with van der Waals surface area (Å²) < 4.78 is 0. The second kappa shape index (κ2) is 9.71. The number of benzene rings is 1. The minimum absolute atomic E-state index is 0. The summed E-state index contributed by atoms with van der Waals surface area (Å²) in [6.45, 7) is 0. The van der Waals surface area contributed by atoms with Gasteiger partial charge in [-0.2, -0.15) is 0 Å². The summed E-state index contributed by atoms with van der Waals surface area (Å²) in [7, 11) is 0. The molecule has 4 N–H and O–H groups in total. The number of amides is 2. The lowest BCUT2D eigenvalue weighted by molar-refractivity contribution is -0.117. The molecule has 5 nitrogen and oxygen atoms in total. The van der Waals surface area contributed by atoms with Crippen molar-refractivity contribution in [3.63, 3.8) is 0 Å². The molecule has 0 radical (unpaired) electrons. The van der Waals surface area contributed by atoms with Crippen molar-refractivity contribution in [2.24, 2.45) is 11.7 Å². The third kappa shape index (κ3) is 5.56. The van der Waals surface area contributed by atoms with Crippen LogP contribution in [-0.2, 0) is 4.79 Å². The second-order valence-electron chi connectivity index (χ2n) is 6.47. The highest BCUT2D eigenvalue weighted by atomic mass is 35.5. The fourth-order valence-corrected chi connectivity index (χ4v) is 3.83. The molecule has 1 heterocycles. The van der Waals surface area contributed by atoms with Crippen LogP contribution in [0.15, 0.2) is 41.8 Å². The van der Waals surface area contributed by atoms with Crippen LogP contribution in [0.5, 0.6) is 0 Å². The first-order valence-electron chi connectivity index (χ1n) is 8.62. The van der Waals surface area contributed by atoms with E-state index < -0.39 is 0 Å². The number of carbonyl (C=O) groups excluding carboxylic acids is 2. The number of thiophene rings is 1. The highest BCUT2D eigenvalue weighted by Crippen LogP contribution is 2.26. The summed E-state index contributed by atoms with van der Waals surface area (Å²) in [5, 5.41) is 7.62. The molecule has 2 amide bonds. The summed E-state index contributed by atoms with van der Waals surface area (Å²) in [6.07, 6.45) is 4.78. The Morgan fingerprint density at radius 1 is 1.08 bits per heavy atom. The van der Waals surface area contributed by atoms with Crippen LogP contribution in [0.2, 0.25) is 0 Å². The molecule has 26 heavy (non-hydrogen) atoms. The molecule has 1 aromatic heterocycles. The largest absolute Gasteiger partial charge is 0.327 e. The van der Waals surface area contributed by atoms with Crippen LogP contribution in [0, 0.1) is 5.92 Å². The Hall–Kier alpha value is -1.89. The van der Waals surface area contributed by atoms with Crippen LogP contribution in [0.1, 0.15) is 41.8 Å². The molecule has 2 atom stereocenters. The highest BCUT2D eigenvalue weighted by molar-refractivity contribution is 7.12. The van der Waals surface area contributed by atoms with Crippen LogP contribution in [0.25, 0.3) is 0 Å². The SMILES string of the molecule is Cl.NC1CCCCC1CC(=O)Nc1cccc(NC(=O)c2cccs2)c1. The average molecular weight is 394 g/mol. The standard InChI is InChI=1S/C19H23N3O2S.ClH/c20-16-8-2-1-5-13(16)11-18(23)21-14-6-3-7-15(12-14)22-19(24)17-9-4-10-25-17;/h3-4,6-7,9-10,12-13,16H,1-2,5,8,11,20H2,(H,21,23)(H,22,24);1H. The first kappa shape index (κ1) is 20.4. The highest BCUT2D eigenvalue weighted by Gasteiger charge is 2.24. The zero-order valence-corrected chi connectivity index (χ0v) is 16.1. The van der Waals surface area contributed by atoms with Gasteiger partial charge in [-0.15, -0.1) is 23.7 Å². The van der Waals surface area contributed by atoms with E-state index in [1.165, 1.54) is 11.3 Å². The fourth-order valence-electron chi connectivity index (χ4n) is 3.22. The third-order valence-electron chi connectivity index (χ3n) is 4.56. The molecule has 3 rings (SSSR count). The summed E-state index contributed by atoms with van der Waals surface area (Å²) in [5.74, 6) is 0.0891. The molecular weight excluding hydrogens is 370 g/mol. The zero-order chi connectivity index (χ0) is 17.6. The van der Waals surface area contributed by atoms with E-state index in [1.807, 2.05) is 23.6 Å². The molecule has 1 saturated carbocycles. The van der Waals surface area contributed by atoms with E-state index in [4.69, 9.17) is 5.73 Å². The van der Waals surface area contributed by atoms with E-state index in [-0.39, 0.29) is 36.2 Å². The van der Waals surface area contributed by atoms with Crippen molar-refractivity contribution in [2.75, 3.05) is 10.6 Å². The Kier molecular flexibility index (Phi) is 7.63. The van der Waals surface area contributed by atoms with Crippen LogP contribution in [0.4, 0.5) is 11.4 Å². The molecule has 1 fully saturated rings. The minimum Gasteiger partial charge on any atom is -0.327 e. The lowest BCUT2D eigenvalue weighted by Crippen LogP contribution is -2.35. The normalized spacial score (nSPS) is 19.3. The molecule has 2 unspecified atom stereocenters. The Labute approximate surface area is 163 Å². The number of rotatable bonds is 5. The maximum absolute atomic E-state index is 12.3. The maximum Gasteiger partial charge on any atom is 0.265 e. The van der Waals surface area contributed by atoms with Gasteiger partial charge in [-0.25, -0.2) is 0 Å². The second-order valence-corrected chi connectivity index (χ2v) is 7.42. The van der Waals surface area contributed by atoms with Crippen molar-refractivity contribution >= 4 is 46.9 Å². The van der Waals surface area contributed by atoms with Gasteiger partial charge in [0, 0.05) is 23.8 Å². The Morgan fingerprint density at radius 2 is 1.81 bits per heavy atom. The Bertz CT molecular complexity index is 736. The van der Waals surface area contributed by atoms with E-state index in [0.29, 0.717) is 22.7 Å². The summed E-state index contributed by atoms with van der Waals surface area (Å²) in [4.78, 5) is 25.1. The average Bonchev–Trinajstić information content (AvgIpc) is 3.12. The van der Waals surface area contributed by atoms with Gasteiger partial charge < -0.3 is 16.4 Å². The molecule has 2 aromatic rings. The topological polar surface area (TPSA) is 84.2 Å². The van der Waals surface area contributed by atoms with Crippen molar-refractivity contribution in [1.82, 2.24) is 0 Å². The predicted molar refractivity (Wildman–Crippen MR) is 109 cm³/mol. The van der Waals surface area contributed by atoms with Gasteiger partial charge in [0.25, 0.3) is 5.91 Å². The molecule has 0 saturated heterocycles. The lowest BCUT2D eigenvalue weighted by atomic mass is 9.83. The minimum atomic E-state index is -0.147. The third-order valence-corrected chi connectivity index (χ3v) is 5.43. The smallest absolute Gasteiger partial charge is 0.265 e. The number of hydrogen-bond donors (Lipinski definition) is 3. The van der Waals surface area contributed by atoms with Gasteiger partial charge in [-0.1, -0.05) is 25.0 Å². The van der Waals surface area contributed by atoms with Gasteiger partial charge in [0.05, 0.1) is 4.88 Å². The predicted octanol–water partition coefficient (Wildman–Crippen LogP) is 4.27. The van der Waals surface area contributed by atoms with E-state index in [1.54, 1.807) is 18.2 Å². The monoisotopic (exact) mass is 393 g/mol. The van der Waals surface area contributed by atoms with Crippen molar-refractivity contribution in [2.45, 2.75) is 38.1 Å². The van der Waals surface area contributed by atoms with E-state index >= 15 is 0 Å². The first-order chi connectivity index (χ1) is 12.1. The van der Waals surface area contributed by atoms with Crippen molar-refractivity contribution in [3.05, 3.63) is 46.7 Å². The number of hydrogen-bond acceptors (Lipinski definition) is 4. The number of anilines is 2. The van der Waals surface area contributed by atoms with Crippen LogP contribution < -0.4 is 16.4 Å². The molecule has 0 aliphatic heterocycles. The molecular formula is C19H24ClN3O2S. The molecule has 1 aliphatic rings. The number of nitrogens with two attached hydrogens (primary N) is 1. The van der Waals surface area contributed by atoms with Crippen molar-refractivity contribution < 1.29 is 9.59 Å². The van der Waals surface area contributed by atoms with Gasteiger partial charge >= 0.3 is 0 Å². The van der Waals surface area contributed by atoms with Crippen molar-refractivity contribution in [3.8, 4) is 0 Å². The fraction of sp³-hybridized carbons (Fsp3) is 0.368. The summed E-state index contributed by atoms with van der Waals surface area (Å²) in [6, 6.07) is 10.9. The summed E-state index contributed by atoms with van der Waals surface area (Å²) in [5.41, 5.74) is 7.46. The van der Waals surface area contributed by atoms with Crippen LogP contribution in [-0.4, -0.2) is 17.9 Å². The molecule has 1 aromatic carbocycles. The van der Waals surface area contributed by atoms with Gasteiger partial charge in [-0.05, 0) is 48.4 Å². The van der Waals surface area contributed by atoms with Gasteiger partial charge in [-0.3, -0.25) is 9.59 Å². The molecule has 1 aliphatic carbocycles. The van der Waals surface area contributed by atoms with Crippen molar-refractivity contribution in [1.29, 1.82) is 0 Å². The molecule has 140 valence electrons. The number of carbonyl (C=O) groups is 2. The van der Waals surface area contributed by atoms with Gasteiger partial charge in [0.1, 0.15) is 0 Å². The molecule has 7 heteroatoms. The van der Waals surface area contributed by atoms with E-state index in [2.05, 4.69) is 10.6 Å².